The summed E-state index contributed by atoms with van der Waals surface area (Å²) in [4.78, 5) is 4.57. The predicted octanol–water partition coefficient (Wildman–Crippen LogP) is 2.57. The Balaban J connectivity index is 2.42. The molecule has 2 aromatic heterocycles. The van der Waals surface area contributed by atoms with Crippen molar-refractivity contribution in [3.63, 3.8) is 0 Å². The molecule has 19 heavy (non-hydrogen) atoms. The maximum Gasteiger partial charge on any atom is 0.103 e. The summed E-state index contributed by atoms with van der Waals surface area (Å²) in [5.41, 5.74) is 9.30. The molecule has 0 bridgehead atoms. The van der Waals surface area contributed by atoms with E-state index in [1.165, 1.54) is 0 Å². The molecule has 0 aromatic carbocycles. The molecule has 1 unspecified atom stereocenters. The van der Waals surface area contributed by atoms with Crippen LogP contribution < -0.4 is 5.73 Å². The number of thiazole rings is 1. The monoisotopic (exact) mass is 278 g/mol. The van der Waals surface area contributed by atoms with Crippen LogP contribution in [0, 0.1) is 6.92 Å². The van der Waals surface area contributed by atoms with Gasteiger partial charge in [0.2, 0.25) is 0 Å². The number of nitrogens with two attached hydrogens (primary N) is 1. The van der Waals surface area contributed by atoms with Crippen LogP contribution >= 0.6 is 11.3 Å². The van der Waals surface area contributed by atoms with E-state index in [0.717, 1.165) is 22.1 Å². The molecule has 0 radical (unpaired) electrons. The normalized spacial score (nSPS) is 13.8. The summed E-state index contributed by atoms with van der Waals surface area (Å²) >= 11 is 1.67. The lowest BCUT2D eigenvalue weighted by atomic mass is 9.91. The smallest absolute Gasteiger partial charge is 0.103 e. The summed E-state index contributed by atoms with van der Waals surface area (Å²) in [5.74, 6) is 0.132. The standard InChI is InChI=1S/C14H22N4S/c1-9-8-19-13(16-9)10(7-15)11-6-12(14(2,3)4)17-18(11)5/h6,8,10H,7,15H2,1-5H3. The van der Waals surface area contributed by atoms with Gasteiger partial charge in [0.1, 0.15) is 5.01 Å². The van der Waals surface area contributed by atoms with Gasteiger partial charge in [-0.3, -0.25) is 4.68 Å². The van der Waals surface area contributed by atoms with Gasteiger partial charge in [-0.25, -0.2) is 4.98 Å². The molecule has 2 rings (SSSR count). The minimum absolute atomic E-state index is 0.0496. The van der Waals surface area contributed by atoms with Crippen molar-refractivity contribution in [3.05, 3.63) is 33.5 Å². The zero-order valence-electron chi connectivity index (χ0n) is 12.3. The zero-order chi connectivity index (χ0) is 14.2. The second-order valence-electron chi connectivity index (χ2n) is 5.94. The Kier molecular flexibility index (Phi) is 3.78. The van der Waals surface area contributed by atoms with Crippen LogP contribution in [0.15, 0.2) is 11.4 Å². The maximum atomic E-state index is 5.96. The maximum absolute atomic E-state index is 5.96. The Morgan fingerprint density at radius 2 is 2.11 bits per heavy atom. The molecule has 0 aliphatic rings. The number of hydrogen-bond acceptors (Lipinski definition) is 4. The fourth-order valence-electron chi connectivity index (χ4n) is 2.05. The van der Waals surface area contributed by atoms with E-state index in [0.29, 0.717) is 6.54 Å². The highest BCUT2D eigenvalue weighted by Gasteiger charge is 2.24. The van der Waals surface area contributed by atoms with E-state index in [4.69, 9.17) is 5.73 Å². The Morgan fingerprint density at radius 3 is 2.53 bits per heavy atom. The van der Waals surface area contributed by atoms with Crippen molar-refractivity contribution in [1.82, 2.24) is 14.8 Å². The van der Waals surface area contributed by atoms with E-state index in [1.54, 1.807) is 11.3 Å². The summed E-state index contributed by atoms with van der Waals surface area (Å²) in [6.45, 7) is 9.08. The number of rotatable bonds is 3. The van der Waals surface area contributed by atoms with Crippen molar-refractivity contribution in [1.29, 1.82) is 0 Å². The molecule has 5 heteroatoms. The quantitative estimate of drug-likeness (QED) is 0.939. The molecule has 0 aliphatic heterocycles. The lowest BCUT2D eigenvalue weighted by Gasteiger charge is -2.14. The average Bonchev–Trinajstić information content (AvgIpc) is 2.87. The topological polar surface area (TPSA) is 56.7 Å². The molecule has 2 aromatic rings. The van der Waals surface area contributed by atoms with Gasteiger partial charge >= 0.3 is 0 Å². The first-order valence-corrected chi connectivity index (χ1v) is 7.37. The van der Waals surface area contributed by atoms with E-state index >= 15 is 0 Å². The predicted molar refractivity (Wildman–Crippen MR) is 79.7 cm³/mol. The van der Waals surface area contributed by atoms with Crippen LogP contribution in [-0.2, 0) is 12.5 Å². The lowest BCUT2D eigenvalue weighted by Crippen LogP contribution is -2.16. The van der Waals surface area contributed by atoms with E-state index in [2.05, 4.69) is 42.3 Å². The van der Waals surface area contributed by atoms with Crippen LogP contribution in [-0.4, -0.2) is 21.3 Å². The fraction of sp³-hybridized carbons (Fsp3) is 0.571. The highest BCUT2D eigenvalue weighted by Crippen LogP contribution is 2.29. The molecule has 4 nitrogen and oxygen atoms in total. The highest BCUT2D eigenvalue weighted by atomic mass is 32.1. The van der Waals surface area contributed by atoms with Crippen molar-refractivity contribution in [2.24, 2.45) is 12.8 Å². The van der Waals surface area contributed by atoms with Gasteiger partial charge in [0, 0.05) is 35.8 Å². The molecule has 2 heterocycles. The number of nitrogens with zero attached hydrogens (tertiary/aromatic N) is 3. The van der Waals surface area contributed by atoms with Crippen LogP contribution in [0.5, 0.6) is 0 Å². The minimum Gasteiger partial charge on any atom is -0.329 e. The Bertz CT molecular complexity index is 562. The Morgan fingerprint density at radius 1 is 1.42 bits per heavy atom. The number of hydrogen-bond donors (Lipinski definition) is 1. The SMILES string of the molecule is Cc1csc(C(CN)c2cc(C(C)(C)C)nn2C)n1. The third kappa shape index (κ3) is 2.87. The fourth-order valence-corrected chi connectivity index (χ4v) is 2.98. The Hall–Kier alpha value is -1.20. The van der Waals surface area contributed by atoms with E-state index in [9.17, 15) is 0 Å². The molecule has 1 atom stereocenters. The van der Waals surface area contributed by atoms with Gasteiger partial charge in [-0.2, -0.15) is 5.10 Å². The van der Waals surface area contributed by atoms with Crippen molar-refractivity contribution in [3.8, 4) is 0 Å². The number of aryl methyl sites for hydroxylation is 2. The van der Waals surface area contributed by atoms with Gasteiger partial charge < -0.3 is 5.73 Å². The molecular weight excluding hydrogens is 256 g/mol. The van der Waals surface area contributed by atoms with Crippen molar-refractivity contribution in [2.45, 2.75) is 39.0 Å². The molecular formula is C14H22N4S. The third-order valence-electron chi connectivity index (χ3n) is 3.21. The van der Waals surface area contributed by atoms with Crippen LogP contribution in [0.3, 0.4) is 0 Å². The van der Waals surface area contributed by atoms with E-state index < -0.39 is 0 Å². The highest BCUT2D eigenvalue weighted by molar-refractivity contribution is 7.09. The second kappa shape index (κ2) is 5.06. The van der Waals surface area contributed by atoms with Gasteiger partial charge in [0.25, 0.3) is 0 Å². The second-order valence-corrected chi connectivity index (χ2v) is 6.83. The first-order valence-electron chi connectivity index (χ1n) is 6.49. The summed E-state index contributed by atoms with van der Waals surface area (Å²) in [7, 11) is 1.98. The molecule has 0 aliphatic carbocycles. The first kappa shape index (κ1) is 14.2. The molecule has 0 spiro atoms. The number of aromatic nitrogens is 3. The summed E-state index contributed by atoms with van der Waals surface area (Å²) in [5, 5.41) is 7.76. The molecule has 0 saturated heterocycles. The molecule has 0 saturated carbocycles. The molecule has 0 amide bonds. The van der Waals surface area contributed by atoms with Gasteiger partial charge in [0.15, 0.2) is 0 Å². The van der Waals surface area contributed by atoms with Gasteiger partial charge in [-0.1, -0.05) is 20.8 Å². The third-order valence-corrected chi connectivity index (χ3v) is 4.29. The van der Waals surface area contributed by atoms with Crippen molar-refractivity contribution >= 4 is 11.3 Å². The Labute approximate surface area is 118 Å². The minimum atomic E-state index is 0.0496. The molecule has 2 N–H and O–H groups in total. The van der Waals surface area contributed by atoms with E-state index in [-0.39, 0.29) is 11.3 Å². The van der Waals surface area contributed by atoms with Crippen LogP contribution in [0.1, 0.15) is 48.8 Å². The molecule has 0 fully saturated rings. The van der Waals surface area contributed by atoms with Gasteiger partial charge in [0.05, 0.1) is 11.6 Å². The summed E-state index contributed by atoms with van der Waals surface area (Å²) in [6, 6.07) is 2.16. The molecule has 104 valence electrons. The van der Waals surface area contributed by atoms with Crippen LogP contribution in [0.2, 0.25) is 0 Å². The van der Waals surface area contributed by atoms with Crippen molar-refractivity contribution in [2.75, 3.05) is 6.54 Å². The van der Waals surface area contributed by atoms with E-state index in [1.807, 2.05) is 18.7 Å². The van der Waals surface area contributed by atoms with Crippen LogP contribution in [0.25, 0.3) is 0 Å². The summed E-state index contributed by atoms with van der Waals surface area (Å²) < 4.78 is 1.94. The average molecular weight is 278 g/mol. The van der Waals surface area contributed by atoms with Gasteiger partial charge in [-0.15, -0.1) is 11.3 Å². The lowest BCUT2D eigenvalue weighted by molar-refractivity contribution is 0.550. The largest absolute Gasteiger partial charge is 0.329 e. The van der Waals surface area contributed by atoms with Crippen LogP contribution in [0.4, 0.5) is 0 Å². The summed E-state index contributed by atoms with van der Waals surface area (Å²) in [6.07, 6.45) is 0. The zero-order valence-corrected chi connectivity index (χ0v) is 13.1. The van der Waals surface area contributed by atoms with Gasteiger partial charge in [-0.05, 0) is 13.0 Å². The first-order chi connectivity index (χ1) is 8.82. The van der Waals surface area contributed by atoms with Crippen molar-refractivity contribution < 1.29 is 0 Å².